The van der Waals surface area contributed by atoms with E-state index in [1.165, 1.54) is 19.2 Å². The highest BCUT2D eigenvalue weighted by Crippen LogP contribution is 2.24. The smallest absolute Gasteiger partial charge is 0.323 e. The van der Waals surface area contributed by atoms with E-state index in [2.05, 4.69) is 16.0 Å². The summed E-state index contributed by atoms with van der Waals surface area (Å²) in [5, 5.41) is 18.4. The second kappa shape index (κ2) is 9.47. The Morgan fingerprint density at radius 2 is 1.53 bits per heavy atom. The Hall–Kier alpha value is -4.00. The van der Waals surface area contributed by atoms with E-state index in [0.29, 0.717) is 17.1 Å². The maximum atomic E-state index is 12.5. The third-order valence-electron chi connectivity index (χ3n) is 4.50. The summed E-state index contributed by atoms with van der Waals surface area (Å²) >= 11 is 0. The van der Waals surface area contributed by atoms with Crippen LogP contribution in [0.2, 0.25) is 0 Å². The summed E-state index contributed by atoms with van der Waals surface area (Å²) in [6, 6.07) is 20.2. The maximum Gasteiger partial charge on any atom is 0.323 e. The Bertz CT molecular complexity index is 1020. The molecule has 3 amide bonds. The first-order valence-corrected chi connectivity index (χ1v) is 9.37. The molecule has 0 aromatic heterocycles. The fraction of sp³-hybridized carbons (Fsp3) is 0.130. The number of methoxy groups -OCH3 is 1. The average Bonchev–Trinajstić information content (AvgIpc) is 2.74. The number of phenols is 1. The van der Waals surface area contributed by atoms with Gasteiger partial charge in [0.25, 0.3) is 5.91 Å². The molecule has 3 aromatic rings. The third-order valence-corrected chi connectivity index (χ3v) is 4.50. The van der Waals surface area contributed by atoms with Gasteiger partial charge < -0.3 is 25.8 Å². The lowest BCUT2D eigenvalue weighted by molar-refractivity contribution is 0.0937. The second-order valence-corrected chi connectivity index (χ2v) is 6.65. The summed E-state index contributed by atoms with van der Waals surface area (Å²) in [5.41, 5.74) is 2.34. The van der Waals surface area contributed by atoms with Crippen molar-refractivity contribution < 1.29 is 19.4 Å². The third kappa shape index (κ3) is 5.29. The Kier molecular flexibility index (Phi) is 6.54. The number of para-hydroxylation sites is 1. The molecule has 30 heavy (non-hydrogen) atoms. The Morgan fingerprint density at radius 1 is 0.900 bits per heavy atom. The number of phenolic OH excluding ortho intramolecular Hbond substituents is 1. The molecule has 0 aliphatic carbocycles. The number of ether oxygens (including phenoxy) is 1. The molecule has 0 aliphatic heterocycles. The molecule has 0 fully saturated rings. The molecule has 7 nitrogen and oxygen atoms in total. The van der Waals surface area contributed by atoms with Crippen LogP contribution < -0.4 is 20.7 Å². The van der Waals surface area contributed by atoms with Crippen LogP contribution in [-0.4, -0.2) is 24.2 Å². The number of nitrogens with one attached hydrogen (secondary N) is 3. The molecule has 0 heterocycles. The minimum atomic E-state index is -0.396. The zero-order valence-corrected chi connectivity index (χ0v) is 16.7. The minimum Gasteiger partial charge on any atom is -0.507 e. The molecule has 0 aliphatic rings. The van der Waals surface area contributed by atoms with Crippen LogP contribution in [0.4, 0.5) is 16.2 Å². The van der Waals surface area contributed by atoms with E-state index in [-0.39, 0.29) is 23.4 Å². The molecule has 0 unspecified atom stereocenters. The quantitative estimate of drug-likeness (QED) is 0.484. The predicted octanol–water partition coefficient (Wildman–Crippen LogP) is 4.54. The monoisotopic (exact) mass is 405 g/mol. The number of benzene rings is 3. The average molecular weight is 405 g/mol. The summed E-state index contributed by atoms with van der Waals surface area (Å²) in [6.07, 6.45) is 0. The standard InChI is InChI=1S/C23H23N3O4/c1-15(24-22(28)20-13-12-19(30-2)14-21(20)27)16-8-10-18(11-9-16)26-23(29)25-17-6-4-3-5-7-17/h3-15,27H,1-2H3,(H,24,28)(H2,25,26,29)/t15-/m1/s1. The fourth-order valence-electron chi connectivity index (χ4n) is 2.86. The van der Waals surface area contributed by atoms with Gasteiger partial charge in [-0.2, -0.15) is 0 Å². The molecule has 0 spiro atoms. The zero-order chi connectivity index (χ0) is 21.5. The first-order chi connectivity index (χ1) is 14.5. The number of urea groups is 1. The molecular weight excluding hydrogens is 382 g/mol. The van der Waals surface area contributed by atoms with Crippen molar-refractivity contribution >= 4 is 23.3 Å². The molecule has 3 aromatic carbocycles. The first kappa shape index (κ1) is 20.7. The molecular formula is C23H23N3O4. The Balaban J connectivity index is 1.58. The summed E-state index contributed by atoms with van der Waals surface area (Å²) in [7, 11) is 1.49. The van der Waals surface area contributed by atoms with E-state index in [1.54, 1.807) is 30.3 Å². The molecule has 1 atom stereocenters. The molecule has 0 saturated carbocycles. The van der Waals surface area contributed by atoms with Crippen molar-refractivity contribution in [3.05, 3.63) is 83.9 Å². The molecule has 4 N–H and O–H groups in total. The van der Waals surface area contributed by atoms with Gasteiger partial charge in [-0.05, 0) is 48.9 Å². The highest BCUT2D eigenvalue weighted by molar-refractivity contribution is 5.99. The number of aromatic hydroxyl groups is 1. The van der Waals surface area contributed by atoms with Crippen LogP contribution in [0.25, 0.3) is 0 Å². The van der Waals surface area contributed by atoms with Crippen molar-refractivity contribution in [1.82, 2.24) is 5.32 Å². The van der Waals surface area contributed by atoms with Crippen LogP contribution in [0.5, 0.6) is 11.5 Å². The fourth-order valence-corrected chi connectivity index (χ4v) is 2.86. The van der Waals surface area contributed by atoms with Crippen molar-refractivity contribution in [3.8, 4) is 11.5 Å². The summed E-state index contributed by atoms with van der Waals surface area (Å²) in [6.45, 7) is 1.84. The van der Waals surface area contributed by atoms with Gasteiger partial charge in [0.1, 0.15) is 11.5 Å². The van der Waals surface area contributed by atoms with Crippen LogP contribution in [0.3, 0.4) is 0 Å². The van der Waals surface area contributed by atoms with Gasteiger partial charge in [-0.3, -0.25) is 4.79 Å². The normalized spacial score (nSPS) is 11.3. The van der Waals surface area contributed by atoms with Gasteiger partial charge in [0.15, 0.2) is 0 Å². The molecule has 0 radical (unpaired) electrons. The number of anilines is 2. The molecule has 7 heteroatoms. The summed E-state index contributed by atoms with van der Waals surface area (Å²) in [5.74, 6) is -0.0772. The van der Waals surface area contributed by atoms with Crippen LogP contribution in [-0.2, 0) is 0 Å². The Morgan fingerprint density at radius 3 is 2.13 bits per heavy atom. The maximum absolute atomic E-state index is 12.5. The predicted molar refractivity (Wildman–Crippen MR) is 116 cm³/mol. The van der Waals surface area contributed by atoms with Crippen molar-refractivity contribution in [1.29, 1.82) is 0 Å². The van der Waals surface area contributed by atoms with E-state index in [0.717, 1.165) is 5.56 Å². The highest BCUT2D eigenvalue weighted by Gasteiger charge is 2.15. The number of hydrogen-bond acceptors (Lipinski definition) is 4. The lowest BCUT2D eigenvalue weighted by Crippen LogP contribution is -2.26. The Labute approximate surface area is 174 Å². The zero-order valence-electron chi connectivity index (χ0n) is 16.7. The van der Waals surface area contributed by atoms with E-state index in [4.69, 9.17) is 4.74 Å². The first-order valence-electron chi connectivity index (χ1n) is 9.37. The largest absolute Gasteiger partial charge is 0.507 e. The molecule has 154 valence electrons. The lowest BCUT2D eigenvalue weighted by atomic mass is 10.1. The summed E-state index contributed by atoms with van der Waals surface area (Å²) < 4.78 is 5.03. The van der Waals surface area contributed by atoms with Crippen molar-refractivity contribution in [3.63, 3.8) is 0 Å². The van der Waals surface area contributed by atoms with Crippen molar-refractivity contribution in [2.45, 2.75) is 13.0 Å². The van der Waals surface area contributed by atoms with Gasteiger partial charge in [0.2, 0.25) is 0 Å². The van der Waals surface area contributed by atoms with Gasteiger partial charge in [-0.1, -0.05) is 30.3 Å². The topological polar surface area (TPSA) is 99.7 Å². The molecule has 0 bridgehead atoms. The minimum absolute atomic E-state index is 0.150. The number of amides is 3. The molecule has 0 saturated heterocycles. The molecule has 3 rings (SSSR count). The number of rotatable bonds is 6. The second-order valence-electron chi connectivity index (χ2n) is 6.65. The number of carbonyl (C=O) groups excluding carboxylic acids is 2. The number of carbonyl (C=O) groups is 2. The van der Waals surface area contributed by atoms with Crippen LogP contribution in [0.1, 0.15) is 28.9 Å². The SMILES string of the molecule is COc1ccc(C(=O)N[C@H](C)c2ccc(NC(=O)Nc3ccccc3)cc2)c(O)c1. The van der Waals surface area contributed by atoms with Crippen LogP contribution in [0, 0.1) is 0 Å². The van der Waals surface area contributed by atoms with Gasteiger partial charge in [0, 0.05) is 17.4 Å². The van der Waals surface area contributed by atoms with Crippen molar-refractivity contribution in [2.24, 2.45) is 0 Å². The van der Waals surface area contributed by atoms with E-state index in [9.17, 15) is 14.7 Å². The van der Waals surface area contributed by atoms with Gasteiger partial charge in [0.05, 0.1) is 18.7 Å². The lowest BCUT2D eigenvalue weighted by Gasteiger charge is -2.16. The van der Waals surface area contributed by atoms with Crippen molar-refractivity contribution in [2.75, 3.05) is 17.7 Å². The highest BCUT2D eigenvalue weighted by atomic mass is 16.5. The van der Waals surface area contributed by atoms with E-state index in [1.807, 2.05) is 37.3 Å². The number of hydrogen-bond donors (Lipinski definition) is 4. The van der Waals surface area contributed by atoms with Crippen LogP contribution in [0.15, 0.2) is 72.8 Å². The van der Waals surface area contributed by atoms with E-state index >= 15 is 0 Å². The van der Waals surface area contributed by atoms with E-state index < -0.39 is 5.91 Å². The van der Waals surface area contributed by atoms with Gasteiger partial charge in [-0.15, -0.1) is 0 Å². The van der Waals surface area contributed by atoms with Crippen LogP contribution >= 0.6 is 0 Å². The van der Waals surface area contributed by atoms with Gasteiger partial charge in [-0.25, -0.2) is 4.79 Å². The van der Waals surface area contributed by atoms with Gasteiger partial charge >= 0.3 is 6.03 Å². The summed E-state index contributed by atoms with van der Waals surface area (Å²) in [4.78, 5) is 24.5.